The Labute approximate surface area is 155 Å². The smallest absolute Gasteiger partial charge is 0.337 e. The van der Waals surface area contributed by atoms with Crippen LogP contribution in [0.15, 0.2) is 61.2 Å². The monoisotopic (exact) mass is 363 g/mol. The van der Waals surface area contributed by atoms with Gasteiger partial charge in [0.05, 0.1) is 25.1 Å². The Bertz CT molecular complexity index is 930. The van der Waals surface area contributed by atoms with Crippen LogP contribution < -0.4 is 10.6 Å². The molecular formula is C19H17N5O3. The predicted octanol–water partition coefficient (Wildman–Crippen LogP) is 2.33. The van der Waals surface area contributed by atoms with Crippen molar-refractivity contribution in [2.45, 2.75) is 6.54 Å². The average Bonchev–Trinajstić information content (AvgIpc) is 2.73. The van der Waals surface area contributed by atoms with Crippen molar-refractivity contribution >= 4 is 23.4 Å². The van der Waals surface area contributed by atoms with Gasteiger partial charge in [-0.3, -0.25) is 9.78 Å². The lowest BCUT2D eigenvalue weighted by Crippen LogP contribution is -2.24. The number of amides is 1. The largest absolute Gasteiger partial charge is 0.465 e. The van der Waals surface area contributed by atoms with Gasteiger partial charge in [0.25, 0.3) is 5.91 Å². The fourth-order valence-electron chi connectivity index (χ4n) is 2.28. The van der Waals surface area contributed by atoms with E-state index in [0.29, 0.717) is 23.6 Å². The third-order valence-corrected chi connectivity index (χ3v) is 3.62. The van der Waals surface area contributed by atoms with Gasteiger partial charge in [-0.25, -0.2) is 14.8 Å². The number of nitrogens with zero attached hydrogens (tertiary/aromatic N) is 3. The molecule has 0 saturated carbocycles. The zero-order valence-corrected chi connectivity index (χ0v) is 14.5. The van der Waals surface area contributed by atoms with Crippen LogP contribution in [0.4, 0.5) is 11.5 Å². The van der Waals surface area contributed by atoms with Gasteiger partial charge in [0.1, 0.15) is 11.5 Å². The molecule has 0 radical (unpaired) electrons. The fourth-order valence-corrected chi connectivity index (χ4v) is 2.28. The Morgan fingerprint density at radius 2 is 1.96 bits per heavy atom. The summed E-state index contributed by atoms with van der Waals surface area (Å²) in [6.07, 6.45) is 6.18. The predicted molar refractivity (Wildman–Crippen MR) is 98.5 cm³/mol. The number of esters is 1. The molecule has 0 spiro atoms. The maximum absolute atomic E-state index is 12.1. The molecule has 0 aliphatic rings. The molecule has 0 unspecified atom stereocenters. The molecule has 8 heteroatoms. The first kappa shape index (κ1) is 18.0. The number of methoxy groups -OCH3 is 1. The summed E-state index contributed by atoms with van der Waals surface area (Å²) < 4.78 is 4.70. The summed E-state index contributed by atoms with van der Waals surface area (Å²) in [5, 5.41) is 5.78. The van der Waals surface area contributed by atoms with E-state index in [9.17, 15) is 9.59 Å². The molecule has 136 valence electrons. The van der Waals surface area contributed by atoms with Crippen molar-refractivity contribution in [2.75, 3.05) is 12.4 Å². The quantitative estimate of drug-likeness (QED) is 0.647. The maximum Gasteiger partial charge on any atom is 0.337 e. The number of carbonyl (C=O) groups is 2. The Morgan fingerprint density at radius 3 is 2.67 bits per heavy atom. The topological polar surface area (TPSA) is 106 Å². The highest BCUT2D eigenvalue weighted by atomic mass is 16.5. The molecule has 3 rings (SSSR count). The van der Waals surface area contributed by atoms with Crippen molar-refractivity contribution in [1.29, 1.82) is 0 Å². The van der Waals surface area contributed by atoms with Crippen molar-refractivity contribution < 1.29 is 14.3 Å². The number of anilines is 2. The first-order chi connectivity index (χ1) is 13.2. The molecule has 8 nitrogen and oxygen atoms in total. The van der Waals surface area contributed by atoms with Crippen LogP contribution in [-0.4, -0.2) is 33.9 Å². The van der Waals surface area contributed by atoms with Gasteiger partial charge in [-0.15, -0.1) is 0 Å². The average molecular weight is 363 g/mol. The molecule has 2 N–H and O–H groups in total. The molecular weight excluding hydrogens is 346 g/mol. The van der Waals surface area contributed by atoms with E-state index in [0.717, 1.165) is 5.56 Å². The van der Waals surface area contributed by atoms with Crippen molar-refractivity contribution in [3.8, 4) is 0 Å². The number of nitrogens with one attached hydrogen (secondary N) is 2. The summed E-state index contributed by atoms with van der Waals surface area (Å²) in [6.45, 7) is 0.356. The highest BCUT2D eigenvalue weighted by Gasteiger charge is 2.09. The van der Waals surface area contributed by atoms with Gasteiger partial charge in [-0.05, 0) is 29.8 Å². The lowest BCUT2D eigenvalue weighted by Gasteiger charge is -2.08. The third kappa shape index (κ3) is 4.85. The van der Waals surface area contributed by atoms with Gasteiger partial charge < -0.3 is 15.4 Å². The molecule has 0 fully saturated rings. The standard InChI is InChI=1S/C19H17N5O3/c1-27-19(26)14-5-2-6-15(8-14)24-17-12-21-16(11-22-17)18(25)23-10-13-4-3-7-20-9-13/h2-9,11-12H,10H2,1H3,(H,22,24)(H,23,25). The normalized spacial score (nSPS) is 10.1. The Balaban J connectivity index is 1.61. The number of hydrogen-bond acceptors (Lipinski definition) is 7. The Hall–Kier alpha value is -3.81. The van der Waals surface area contributed by atoms with E-state index in [4.69, 9.17) is 4.74 Å². The molecule has 2 aromatic heterocycles. The lowest BCUT2D eigenvalue weighted by molar-refractivity contribution is 0.0600. The highest BCUT2D eigenvalue weighted by molar-refractivity contribution is 5.92. The number of rotatable bonds is 6. The second kappa shape index (κ2) is 8.52. The number of benzene rings is 1. The molecule has 0 saturated heterocycles. The van der Waals surface area contributed by atoms with Gasteiger partial charge in [0.15, 0.2) is 0 Å². The minimum atomic E-state index is -0.426. The molecule has 1 aromatic carbocycles. The van der Waals surface area contributed by atoms with E-state index in [-0.39, 0.29) is 11.6 Å². The third-order valence-electron chi connectivity index (χ3n) is 3.62. The zero-order valence-electron chi connectivity index (χ0n) is 14.5. The first-order valence-corrected chi connectivity index (χ1v) is 8.10. The molecule has 0 atom stereocenters. The fraction of sp³-hybridized carbons (Fsp3) is 0.105. The van der Waals surface area contributed by atoms with E-state index in [1.807, 2.05) is 6.07 Å². The number of pyridine rings is 1. The summed E-state index contributed by atoms with van der Waals surface area (Å²) in [5.41, 5.74) is 2.16. The molecule has 0 aliphatic carbocycles. The number of aromatic nitrogens is 3. The highest BCUT2D eigenvalue weighted by Crippen LogP contribution is 2.16. The molecule has 27 heavy (non-hydrogen) atoms. The number of carbonyl (C=O) groups excluding carboxylic acids is 2. The van der Waals surface area contributed by atoms with Gasteiger partial charge in [0, 0.05) is 24.6 Å². The molecule has 0 aliphatic heterocycles. The van der Waals surface area contributed by atoms with Gasteiger partial charge in [-0.2, -0.15) is 0 Å². The molecule has 2 heterocycles. The van der Waals surface area contributed by atoms with Crippen LogP contribution in [0.1, 0.15) is 26.4 Å². The van der Waals surface area contributed by atoms with Gasteiger partial charge in [-0.1, -0.05) is 12.1 Å². The summed E-state index contributed by atoms with van der Waals surface area (Å²) in [7, 11) is 1.33. The van der Waals surface area contributed by atoms with Crippen LogP contribution in [0.5, 0.6) is 0 Å². The van der Waals surface area contributed by atoms with Crippen molar-refractivity contribution in [3.05, 3.63) is 78.0 Å². The second-order valence-corrected chi connectivity index (χ2v) is 5.53. The van der Waals surface area contributed by atoms with Crippen LogP contribution in [0.25, 0.3) is 0 Å². The first-order valence-electron chi connectivity index (χ1n) is 8.10. The van der Waals surface area contributed by atoms with Crippen molar-refractivity contribution in [3.63, 3.8) is 0 Å². The number of hydrogen-bond donors (Lipinski definition) is 2. The Morgan fingerprint density at radius 1 is 1.07 bits per heavy atom. The van der Waals surface area contributed by atoms with Crippen molar-refractivity contribution in [2.24, 2.45) is 0 Å². The minimum absolute atomic E-state index is 0.202. The van der Waals surface area contributed by atoms with E-state index in [1.165, 1.54) is 19.5 Å². The number of ether oxygens (including phenoxy) is 1. The summed E-state index contributed by atoms with van der Waals surface area (Å²) >= 11 is 0. The zero-order chi connectivity index (χ0) is 19.1. The van der Waals surface area contributed by atoms with E-state index in [2.05, 4.69) is 25.6 Å². The maximum atomic E-state index is 12.1. The van der Waals surface area contributed by atoms with Crippen LogP contribution in [0.2, 0.25) is 0 Å². The van der Waals surface area contributed by atoms with E-state index < -0.39 is 5.97 Å². The van der Waals surface area contributed by atoms with Crippen LogP contribution in [-0.2, 0) is 11.3 Å². The summed E-state index contributed by atoms with van der Waals surface area (Å²) in [5.74, 6) is -0.309. The van der Waals surface area contributed by atoms with Crippen LogP contribution in [0.3, 0.4) is 0 Å². The van der Waals surface area contributed by atoms with E-state index in [1.54, 1.807) is 42.7 Å². The van der Waals surface area contributed by atoms with Crippen molar-refractivity contribution in [1.82, 2.24) is 20.3 Å². The second-order valence-electron chi connectivity index (χ2n) is 5.53. The van der Waals surface area contributed by atoms with Gasteiger partial charge in [0.2, 0.25) is 0 Å². The van der Waals surface area contributed by atoms with Crippen LogP contribution >= 0.6 is 0 Å². The van der Waals surface area contributed by atoms with Gasteiger partial charge >= 0.3 is 5.97 Å². The molecule has 0 bridgehead atoms. The van der Waals surface area contributed by atoms with Crippen LogP contribution in [0, 0.1) is 0 Å². The SMILES string of the molecule is COC(=O)c1cccc(Nc2cnc(C(=O)NCc3cccnc3)cn2)c1. The molecule has 3 aromatic rings. The molecule has 1 amide bonds. The summed E-state index contributed by atoms with van der Waals surface area (Å²) in [6, 6.07) is 10.5. The lowest BCUT2D eigenvalue weighted by atomic mass is 10.2. The minimum Gasteiger partial charge on any atom is -0.465 e. The summed E-state index contributed by atoms with van der Waals surface area (Å²) in [4.78, 5) is 36.0. The Kier molecular flexibility index (Phi) is 5.68. The van der Waals surface area contributed by atoms with E-state index >= 15 is 0 Å².